The van der Waals surface area contributed by atoms with Crippen LogP contribution in [0.4, 0.5) is 4.79 Å². The third-order valence-corrected chi connectivity index (χ3v) is 4.70. The van der Waals surface area contributed by atoms with Crippen LogP contribution in [0.3, 0.4) is 0 Å². The van der Waals surface area contributed by atoms with Gasteiger partial charge in [0, 0.05) is 13.1 Å². The van der Waals surface area contributed by atoms with Gasteiger partial charge in [-0.1, -0.05) is 32.1 Å². The van der Waals surface area contributed by atoms with E-state index >= 15 is 0 Å². The first-order chi connectivity index (χ1) is 9.84. The summed E-state index contributed by atoms with van der Waals surface area (Å²) in [5.41, 5.74) is 0. The molecule has 20 heavy (non-hydrogen) atoms. The summed E-state index contributed by atoms with van der Waals surface area (Å²) in [4.78, 5) is 14.1. The molecule has 2 N–H and O–H groups in total. The van der Waals surface area contributed by atoms with E-state index in [4.69, 9.17) is 0 Å². The molecule has 1 saturated carbocycles. The van der Waals surface area contributed by atoms with Gasteiger partial charge in [-0.15, -0.1) is 0 Å². The van der Waals surface area contributed by atoms with Gasteiger partial charge >= 0.3 is 6.03 Å². The predicted octanol–water partition coefficient (Wildman–Crippen LogP) is 2.74. The van der Waals surface area contributed by atoms with Gasteiger partial charge in [-0.3, -0.25) is 0 Å². The second kappa shape index (κ2) is 9.22. The SMILES string of the molecule is O=C(NCCCN1CCCC1)NCCC1CCCCC1. The Balaban J connectivity index is 1.41. The fourth-order valence-corrected chi connectivity index (χ4v) is 3.44. The average Bonchev–Trinajstić information content (AvgIpc) is 2.98. The molecular weight excluding hydrogens is 250 g/mol. The van der Waals surface area contributed by atoms with Crippen molar-refractivity contribution in [2.75, 3.05) is 32.7 Å². The molecule has 1 heterocycles. The number of rotatable bonds is 7. The van der Waals surface area contributed by atoms with E-state index in [0.29, 0.717) is 0 Å². The zero-order chi connectivity index (χ0) is 14.0. The lowest BCUT2D eigenvalue weighted by atomic mass is 9.87. The lowest BCUT2D eigenvalue weighted by molar-refractivity contribution is 0.237. The van der Waals surface area contributed by atoms with Crippen LogP contribution in [0.5, 0.6) is 0 Å². The largest absolute Gasteiger partial charge is 0.338 e. The van der Waals surface area contributed by atoms with Gasteiger partial charge in [0.05, 0.1) is 0 Å². The predicted molar refractivity (Wildman–Crippen MR) is 82.9 cm³/mol. The highest BCUT2D eigenvalue weighted by Crippen LogP contribution is 2.25. The smallest absolute Gasteiger partial charge is 0.314 e. The topological polar surface area (TPSA) is 44.4 Å². The summed E-state index contributed by atoms with van der Waals surface area (Å²) in [6.07, 6.45) is 11.8. The molecule has 4 heteroatoms. The van der Waals surface area contributed by atoms with Crippen molar-refractivity contribution in [3.8, 4) is 0 Å². The maximum Gasteiger partial charge on any atom is 0.314 e. The van der Waals surface area contributed by atoms with Crippen LogP contribution in [-0.2, 0) is 0 Å². The molecule has 0 bridgehead atoms. The third-order valence-electron chi connectivity index (χ3n) is 4.70. The monoisotopic (exact) mass is 281 g/mol. The van der Waals surface area contributed by atoms with Gasteiger partial charge in [-0.2, -0.15) is 0 Å². The maximum atomic E-state index is 11.6. The Morgan fingerprint density at radius 2 is 1.65 bits per heavy atom. The molecule has 116 valence electrons. The zero-order valence-corrected chi connectivity index (χ0v) is 12.8. The minimum Gasteiger partial charge on any atom is -0.338 e. The van der Waals surface area contributed by atoms with E-state index in [0.717, 1.165) is 38.4 Å². The number of nitrogens with zero attached hydrogens (tertiary/aromatic N) is 1. The van der Waals surface area contributed by atoms with Gasteiger partial charge < -0.3 is 15.5 Å². The Bertz CT molecular complexity index is 271. The minimum atomic E-state index is 0.0160. The van der Waals surface area contributed by atoms with E-state index < -0.39 is 0 Å². The number of likely N-dealkylation sites (tertiary alicyclic amines) is 1. The van der Waals surface area contributed by atoms with E-state index in [9.17, 15) is 4.79 Å². The van der Waals surface area contributed by atoms with Gasteiger partial charge in [-0.25, -0.2) is 4.79 Å². The molecule has 2 aliphatic rings. The first-order valence-electron chi connectivity index (χ1n) is 8.58. The number of hydrogen-bond acceptors (Lipinski definition) is 2. The molecule has 2 fully saturated rings. The Morgan fingerprint density at radius 3 is 2.40 bits per heavy atom. The number of carbonyl (C=O) groups is 1. The molecule has 1 aliphatic heterocycles. The molecule has 0 aromatic heterocycles. The zero-order valence-electron chi connectivity index (χ0n) is 12.8. The van der Waals surface area contributed by atoms with Gasteiger partial charge in [-0.05, 0) is 51.2 Å². The number of amides is 2. The Morgan fingerprint density at radius 1 is 0.950 bits per heavy atom. The minimum absolute atomic E-state index is 0.0160. The van der Waals surface area contributed by atoms with Crippen LogP contribution in [0, 0.1) is 5.92 Å². The van der Waals surface area contributed by atoms with Crippen molar-refractivity contribution in [2.45, 2.75) is 57.8 Å². The van der Waals surface area contributed by atoms with E-state index in [1.165, 1.54) is 58.0 Å². The Kier molecular flexibility index (Phi) is 7.20. The van der Waals surface area contributed by atoms with Crippen LogP contribution in [0.15, 0.2) is 0 Å². The van der Waals surface area contributed by atoms with Gasteiger partial charge in [0.15, 0.2) is 0 Å². The van der Waals surface area contributed by atoms with Crippen LogP contribution in [0.1, 0.15) is 57.8 Å². The molecule has 2 amide bonds. The first-order valence-corrected chi connectivity index (χ1v) is 8.58. The van der Waals surface area contributed by atoms with Gasteiger partial charge in [0.1, 0.15) is 0 Å². The normalized spacial score (nSPS) is 21.0. The number of carbonyl (C=O) groups excluding carboxylic acids is 1. The highest BCUT2D eigenvalue weighted by atomic mass is 16.2. The fourth-order valence-electron chi connectivity index (χ4n) is 3.44. The van der Waals surface area contributed by atoms with Gasteiger partial charge in [0.2, 0.25) is 0 Å². The van der Waals surface area contributed by atoms with Crippen molar-refractivity contribution >= 4 is 6.03 Å². The van der Waals surface area contributed by atoms with E-state index in [2.05, 4.69) is 15.5 Å². The molecule has 0 unspecified atom stereocenters. The molecule has 0 spiro atoms. The second-order valence-corrected chi connectivity index (χ2v) is 6.38. The van der Waals surface area contributed by atoms with Crippen molar-refractivity contribution in [1.82, 2.24) is 15.5 Å². The van der Waals surface area contributed by atoms with Gasteiger partial charge in [0.25, 0.3) is 0 Å². The molecule has 1 saturated heterocycles. The average molecular weight is 281 g/mol. The highest BCUT2D eigenvalue weighted by Gasteiger charge is 2.13. The van der Waals surface area contributed by atoms with E-state index in [1.54, 1.807) is 0 Å². The van der Waals surface area contributed by atoms with Crippen LogP contribution in [0.2, 0.25) is 0 Å². The molecule has 1 aliphatic carbocycles. The highest BCUT2D eigenvalue weighted by molar-refractivity contribution is 5.73. The van der Waals surface area contributed by atoms with Crippen LogP contribution >= 0.6 is 0 Å². The summed E-state index contributed by atoms with van der Waals surface area (Å²) in [5, 5.41) is 5.96. The van der Waals surface area contributed by atoms with Crippen molar-refractivity contribution in [3.05, 3.63) is 0 Å². The molecule has 0 atom stereocenters. The Labute approximate surface area is 123 Å². The lowest BCUT2D eigenvalue weighted by Crippen LogP contribution is -2.38. The summed E-state index contributed by atoms with van der Waals surface area (Å²) in [7, 11) is 0. The molecule has 0 aromatic carbocycles. The molecule has 2 rings (SSSR count). The molecule has 0 aromatic rings. The summed E-state index contributed by atoms with van der Waals surface area (Å²) in [6, 6.07) is 0.0160. The summed E-state index contributed by atoms with van der Waals surface area (Å²) < 4.78 is 0. The molecular formula is C16H31N3O. The van der Waals surface area contributed by atoms with Crippen molar-refractivity contribution in [1.29, 1.82) is 0 Å². The number of urea groups is 1. The summed E-state index contributed by atoms with van der Waals surface area (Å²) in [5.74, 6) is 0.846. The lowest BCUT2D eigenvalue weighted by Gasteiger charge is -2.21. The van der Waals surface area contributed by atoms with Crippen LogP contribution < -0.4 is 10.6 Å². The van der Waals surface area contributed by atoms with Crippen molar-refractivity contribution in [2.24, 2.45) is 5.92 Å². The van der Waals surface area contributed by atoms with E-state index in [1.807, 2.05) is 0 Å². The summed E-state index contributed by atoms with van der Waals surface area (Å²) in [6.45, 7) is 5.25. The first kappa shape index (κ1) is 15.6. The van der Waals surface area contributed by atoms with Crippen LogP contribution in [-0.4, -0.2) is 43.7 Å². The molecule has 4 nitrogen and oxygen atoms in total. The quantitative estimate of drug-likeness (QED) is 0.705. The third kappa shape index (κ3) is 6.12. The van der Waals surface area contributed by atoms with Crippen molar-refractivity contribution < 1.29 is 4.79 Å². The maximum absolute atomic E-state index is 11.6. The number of nitrogens with one attached hydrogen (secondary N) is 2. The number of hydrogen-bond donors (Lipinski definition) is 2. The Hall–Kier alpha value is -0.770. The summed E-state index contributed by atoms with van der Waals surface area (Å²) >= 11 is 0. The van der Waals surface area contributed by atoms with Crippen molar-refractivity contribution in [3.63, 3.8) is 0 Å². The fraction of sp³-hybridized carbons (Fsp3) is 0.938. The second-order valence-electron chi connectivity index (χ2n) is 6.38. The standard InChI is InChI=1S/C16H31N3O/c20-16(17-10-6-14-19-12-4-5-13-19)18-11-9-15-7-2-1-3-8-15/h15H,1-14H2,(H2,17,18,20). The molecule has 0 radical (unpaired) electrons. The van der Waals surface area contributed by atoms with E-state index in [-0.39, 0.29) is 6.03 Å². The van der Waals surface area contributed by atoms with Crippen LogP contribution in [0.25, 0.3) is 0 Å².